The molecule has 5 nitrogen and oxygen atoms in total. The van der Waals surface area contributed by atoms with Crippen molar-refractivity contribution in [1.29, 1.82) is 0 Å². The predicted octanol–water partition coefficient (Wildman–Crippen LogP) is 1.34. The molecule has 1 heterocycles. The normalized spacial score (nSPS) is 19.0. The second kappa shape index (κ2) is 5.50. The first-order chi connectivity index (χ1) is 8.87. The average molecular weight is 347 g/mol. The summed E-state index contributed by atoms with van der Waals surface area (Å²) in [5.41, 5.74) is 6.70. The molecule has 0 atom stereocenters. The molecule has 0 unspecified atom stereocenters. The summed E-state index contributed by atoms with van der Waals surface area (Å²) in [6.45, 7) is 0. The number of nitrogens with one attached hydrogen (secondary N) is 1. The van der Waals surface area contributed by atoms with Crippen molar-refractivity contribution >= 4 is 37.4 Å². The van der Waals surface area contributed by atoms with Gasteiger partial charge in [0, 0.05) is 21.8 Å². The van der Waals surface area contributed by atoms with Crippen LogP contribution >= 0.6 is 15.9 Å². The number of carbonyl (C=O) groups excluding carboxylic acids is 1. The fourth-order valence-electron chi connectivity index (χ4n) is 1.99. The molecule has 0 aromatic heterocycles. The van der Waals surface area contributed by atoms with Gasteiger partial charge in [0.15, 0.2) is 0 Å². The number of nitrogen functional groups attached to an aromatic ring is 1. The van der Waals surface area contributed by atoms with E-state index in [1.807, 2.05) is 0 Å². The molecule has 0 saturated carbocycles. The van der Waals surface area contributed by atoms with Crippen molar-refractivity contribution in [1.82, 2.24) is 5.32 Å². The molecule has 1 aromatic carbocycles. The smallest absolute Gasteiger partial charge is 0.251 e. The first-order valence-corrected chi connectivity index (χ1v) is 8.55. The Bertz CT molecular complexity index is 587. The van der Waals surface area contributed by atoms with Crippen molar-refractivity contribution in [2.75, 3.05) is 17.2 Å². The summed E-state index contributed by atoms with van der Waals surface area (Å²) in [4.78, 5) is 12.0. The van der Waals surface area contributed by atoms with E-state index in [2.05, 4.69) is 21.2 Å². The zero-order valence-corrected chi connectivity index (χ0v) is 12.6. The second-order valence-electron chi connectivity index (χ2n) is 4.64. The number of nitrogens with two attached hydrogens (primary N) is 1. The number of hydrogen-bond acceptors (Lipinski definition) is 4. The minimum atomic E-state index is -2.91. The zero-order valence-electron chi connectivity index (χ0n) is 10.2. The molecule has 1 saturated heterocycles. The quantitative estimate of drug-likeness (QED) is 0.790. The lowest BCUT2D eigenvalue weighted by Gasteiger charge is -2.23. The van der Waals surface area contributed by atoms with Crippen molar-refractivity contribution in [2.24, 2.45) is 0 Å². The van der Waals surface area contributed by atoms with Gasteiger partial charge in [0.1, 0.15) is 9.84 Å². The molecule has 0 spiro atoms. The van der Waals surface area contributed by atoms with E-state index >= 15 is 0 Å². The lowest BCUT2D eigenvalue weighted by Crippen LogP contribution is -2.40. The minimum Gasteiger partial charge on any atom is -0.398 e. The van der Waals surface area contributed by atoms with Gasteiger partial charge in [0.2, 0.25) is 0 Å². The van der Waals surface area contributed by atoms with Crippen LogP contribution in [-0.4, -0.2) is 31.9 Å². The number of amides is 1. The van der Waals surface area contributed by atoms with Crippen molar-refractivity contribution in [3.05, 3.63) is 28.2 Å². The third-order valence-electron chi connectivity index (χ3n) is 3.15. The predicted molar refractivity (Wildman–Crippen MR) is 77.7 cm³/mol. The first-order valence-electron chi connectivity index (χ1n) is 5.94. The van der Waals surface area contributed by atoms with E-state index in [0.29, 0.717) is 24.1 Å². The highest BCUT2D eigenvalue weighted by Gasteiger charge is 2.24. The van der Waals surface area contributed by atoms with E-state index in [-0.39, 0.29) is 23.5 Å². The number of hydrogen-bond donors (Lipinski definition) is 2. The minimum absolute atomic E-state index is 0.0825. The second-order valence-corrected chi connectivity index (χ2v) is 7.79. The highest BCUT2D eigenvalue weighted by Crippen LogP contribution is 2.20. The van der Waals surface area contributed by atoms with Crippen LogP contribution in [-0.2, 0) is 9.84 Å². The van der Waals surface area contributed by atoms with Crippen LogP contribution in [0, 0.1) is 0 Å². The number of anilines is 1. The fourth-order valence-corrected chi connectivity index (χ4v) is 3.73. The maximum Gasteiger partial charge on any atom is 0.251 e. The molecule has 1 amide bonds. The van der Waals surface area contributed by atoms with Crippen LogP contribution in [0.2, 0.25) is 0 Å². The summed E-state index contributed by atoms with van der Waals surface area (Å²) in [5, 5.41) is 2.85. The van der Waals surface area contributed by atoms with Crippen molar-refractivity contribution in [3.63, 3.8) is 0 Å². The molecule has 104 valence electrons. The van der Waals surface area contributed by atoms with Gasteiger partial charge in [-0.05, 0) is 47.0 Å². The Balaban J connectivity index is 2.00. The third-order valence-corrected chi connectivity index (χ3v) is 5.59. The van der Waals surface area contributed by atoms with Crippen LogP contribution < -0.4 is 11.1 Å². The van der Waals surface area contributed by atoms with Crippen molar-refractivity contribution < 1.29 is 13.2 Å². The molecule has 0 aliphatic carbocycles. The van der Waals surface area contributed by atoms with Gasteiger partial charge in [-0.1, -0.05) is 0 Å². The van der Waals surface area contributed by atoms with Gasteiger partial charge < -0.3 is 11.1 Å². The standard InChI is InChI=1S/C12H15BrN2O3S/c13-10-2-1-8(7-11(10)14)12(16)15-9-3-5-19(17,18)6-4-9/h1-2,7,9H,3-6,14H2,(H,15,16). The van der Waals surface area contributed by atoms with E-state index in [4.69, 9.17) is 5.73 Å². The van der Waals surface area contributed by atoms with Gasteiger partial charge in [-0.25, -0.2) is 8.42 Å². The van der Waals surface area contributed by atoms with Gasteiger partial charge in [-0.3, -0.25) is 4.79 Å². The molecule has 19 heavy (non-hydrogen) atoms. The molecule has 1 aliphatic rings. The van der Waals surface area contributed by atoms with Crippen molar-refractivity contribution in [3.8, 4) is 0 Å². The van der Waals surface area contributed by atoms with Crippen LogP contribution in [0.15, 0.2) is 22.7 Å². The van der Waals surface area contributed by atoms with Crippen LogP contribution in [0.3, 0.4) is 0 Å². The SMILES string of the molecule is Nc1cc(C(=O)NC2CCS(=O)(=O)CC2)ccc1Br. The van der Waals surface area contributed by atoms with Crippen LogP contribution in [0.25, 0.3) is 0 Å². The molecule has 1 aliphatic heterocycles. The summed E-state index contributed by atoms with van der Waals surface area (Å²) < 4.78 is 23.3. The topological polar surface area (TPSA) is 89.3 Å². The van der Waals surface area contributed by atoms with Crippen LogP contribution in [0.1, 0.15) is 23.2 Å². The van der Waals surface area contributed by atoms with Crippen molar-refractivity contribution in [2.45, 2.75) is 18.9 Å². The Morgan fingerprint density at radius 2 is 1.95 bits per heavy atom. The molecule has 0 bridgehead atoms. The number of carbonyl (C=O) groups is 1. The summed E-state index contributed by atoms with van der Waals surface area (Å²) in [6.07, 6.45) is 0.945. The molecule has 2 rings (SSSR count). The Morgan fingerprint density at radius 1 is 1.32 bits per heavy atom. The lowest BCUT2D eigenvalue weighted by molar-refractivity contribution is 0.0934. The Labute approximate surface area is 120 Å². The van der Waals surface area contributed by atoms with E-state index in [1.165, 1.54) is 0 Å². The fraction of sp³-hybridized carbons (Fsp3) is 0.417. The molecular weight excluding hydrogens is 332 g/mol. The Hall–Kier alpha value is -1.08. The molecule has 1 aromatic rings. The largest absolute Gasteiger partial charge is 0.398 e. The number of rotatable bonds is 2. The summed E-state index contributed by atoms with van der Waals surface area (Å²) in [5.74, 6) is 0.0596. The van der Waals surface area contributed by atoms with Crippen LogP contribution in [0.4, 0.5) is 5.69 Å². The monoisotopic (exact) mass is 346 g/mol. The lowest BCUT2D eigenvalue weighted by atomic mass is 10.1. The highest BCUT2D eigenvalue weighted by molar-refractivity contribution is 9.10. The summed E-state index contributed by atoms with van der Waals surface area (Å²) >= 11 is 3.27. The first kappa shape index (κ1) is 14.3. The zero-order chi connectivity index (χ0) is 14.0. The summed E-state index contributed by atoms with van der Waals surface area (Å²) in [7, 11) is -2.91. The third kappa shape index (κ3) is 3.70. The number of halogens is 1. The molecule has 1 fully saturated rings. The van der Waals surface area contributed by atoms with E-state index in [1.54, 1.807) is 18.2 Å². The van der Waals surface area contributed by atoms with Gasteiger partial charge in [0.25, 0.3) is 5.91 Å². The maximum atomic E-state index is 12.0. The number of benzene rings is 1. The van der Waals surface area contributed by atoms with Gasteiger partial charge in [-0.15, -0.1) is 0 Å². The Kier molecular flexibility index (Phi) is 4.15. The molecule has 0 radical (unpaired) electrons. The molecule has 7 heteroatoms. The average Bonchev–Trinajstić information content (AvgIpc) is 2.35. The molecular formula is C12H15BrN2O3S. The Morgan fingerprint density at radius 3 is 2.53 bits per heavy atom. The van der Waals surface area contributed by atoms with E-state index in [0.717, 1.165) is 4.47 Å². The van der Waals surface area contributed by atoms with Gasteiger partial charge in [0.05, 0.1) is 11.5 Å². The maximum absolute atomic E-state index is 12.0. The van der Waals surface area contributed by atoms with Gasteiger partial charge >= 0.3 is 0 Å². The number of sulfone groups is 1. The van der Waals surface area contributed by atoms with E-state index < -0.39 is 9.84 Å². The van der Waals surface area contributed by atoms with E-state index in [9.17, 15) is 13.2 Å². The highest BCUT2D eigenvalue weighted by atomic mass is 79.9. The summed E-state index contributed by atoms with van der Waals surface area (Å²) in [6, 6.07) is 4.91. The van der Waals surface area contributed by atoms with Gasteiger partial charge in [-0.2, -0.15) is 0 Å². The van der Waals surface area contributed by atoms with Crippen LogP contribution in [0.5, 0.6) is 0 Å². The molecule has 3 N–H and O–H groups in total.